The van der Waals surface area contributed by atoms with Gasteiger partial charge in [-0.1, -0.05) is 60.7 Å². The van der Waals surface area contributed by atoms with Crippen LogP contribution in [0.3, 0.4) is 0 Å². The Labute approximate surface area is 216 Å². The summed E-state index contributed by atoms with van der Waals surface area (Å²) in [6.07, 6.45) is 0. The van der Waals surface area contributed by atoms with Gasteiger partial charge in [0.15, 0.2) is 17.4 Å². The van der Waals surface area contributed by atoms with Crippen molar-refractivity contribution in [2.45, 2.75) is 6.54 Å². The molecule has 186 valence electrons. The molecule has 0 atom stereocenters. The van der Waals surface area contributed by atoms with Crippen molar-refractivity contribution < 1.29 is 14.6 Å². The summed E-state index contributed by atoms with van der Waals surface area (Å²) < 4.78 is 11.0. The second kappa shape index (κ2) is 10.5. The smallest absolute Gasteiger partial charge is 0.199 e. The Balaban J connectivity index is 1.55. The minimum Gasteiger partial charge on any atom is -0.494 e. The van der Waals surface area contributed by atoms with Gasteiger partial charge in [-0.3, -0.25) is 0 Å². The number of anilines is 1. The van der Waals surface area contributed by atoms with Gasteiger partial charge in [-0.05, 0) is 35.9 Å². The lowest BCUT2D eigenvalue weighted by molar-refractivity contribution is 0.356. The van der Waals surface area contributed by atoms with E-state index in [1.807, 2.05) is 72.8 Å². The van der Waals surface area contributed by atoms with Crippen LogP contribution >= 0.6 is 0 Å². The van der Waals surface area contributed by atoms with Crippen LogP contribution in [-0.4, -0.2) is 37.1 Å². The van der Waals surface area contributed by atoms with E-state index in [1.165, 1.54) is 5.56 Å². The summed E-state index contributed by atoms with van der Waals surface area (Å²) in [6, 6.07) is 32.0. The molecule has 4 aromatic carbocycles. The molecule has 0 saturated carbocycles. The number of methoxy groups -OCH3 is 2. The SMILES string of the molecule is COc1cc2[nH]c(O)c(C(=Nc3ccc(CN(C)c4ccccc4)cc3)c3ccccc3)c2cc1OC. The maximum Gasteiger partial charge on any atom is 0.199 e. The quantitative estimate of drug-likeness (QED) is 0.237. The first-order chi connectivity index (χ1) is 18.1. The highest BCUT2D eigenvalue weighted by Crippen LogP contribution is 2.38. The number of aromatic nitrogens is 1. The fraction of sp³-hybridized carbons (Fsp3) is 0.129. The van der Waals surface area contributed by atoms with Crippen molar-refractivity contribution >= 4 is 28.0 Å². The number of rotatable bonds is 8. The average Bonchev–Trinajstić information content (AvgIpc) is 3.26. The molecule has 2 N–H and O–H groups in total. The molecule has 6 heteroatoms. The maximum atomic E-state index is 11.0. The van der Waals surface area contributed by atoms with Crippen LogP contribution in [0.5, 0.6) is 17.4 Å². The number of nitrogens with zero attached hydrogens (tertiary/aromatic N) is 2. The highest BCUT2D eigenvalue weighted by molar-refractivity contribution is 6.22. The van der Waals surface area contributed by atoms with Gasteiger partial charge in [0.05, 0.1) is 36.7 Å². The van der Waals surface area contributed by atoms with E-state index >= 15 is 0 Å². The number of H-pyrrole nitrogens is 1. The van der Waals surface area contributed by atoms with Gasteiger partial charge >= 0.3 is 0 Å². The largest absolute Gasteiger partial charge is 0.494 e. The average molecular weight is 492 g/mol. The van der Waals surface area contributed by atoms with Crippen LogP contribution in [-0.2, 0) is 6.54 Å². The van der Waals surface area contributed by atoms with Crippen LogP contribution in [0.4, 0.5) is 11.4 Å². The summed E-state index contributed by atoms with van der Waals surface area (Å²) in [4.78, 5) is 10.3. The van der Waals surface area contributed by atoms with E-state index in [2.05, 4.69) is 41.2 Å². The Kier molecular flexibility index (Phi) is 6.81. The van der Waals surface area contributed by atoms with Gasteiger partial charge in [-0.15, -0.1) is 0 Å². The third-order valence-corrected chi connectivity index (χ3v) is 6.36. The molecule has 0 spiro atoms. The standard InChI is InChI=1S/C31H29N3O3/c1-34(24-12-8-5-9-13-24)20-21-14-16-23(17-15-21)32-30(22-10-6-4-7-11-22)29-25-18-27(36-2)28(37-3)19-26(25)33-31(29)35/h4-19,33,35H,20H2,1-3H3. The van der Waals surface area contributed by atoms with Gasteiger partial charge < -0.3 is 24.5 Å². The first kappa shape index (κ1) is 24.0. The van der Waals surface area contributed by atoms with E-state index in [9.17, 15) is 5.11 Å². The molecular weight excluding hydrogens is 462 g/mol. The molecule has 0 aliphatic carbocycles. The molecule has 0 saturated heterocycles. The number of hydrogen-bond acceptors (Lipinski definition) is 5. The maximum absolute atomic E-state index is 11.0. The number of para-hydroxylation sites is 1. The molecule has 0 radical (unpaired) electrons. The predicted octanol–water partition coefficient (Wildman–Crippen LogP) is 6.70. The fourth-order valence-electron chi connectivity index (χ4n) is 4.46. The molecule has 5 aromatic rings. The third-order valence-electron chi connectivity index (χ3n) is 6.36. The van der Waals surface area contributed by atoms with Crippen LogP contribution in [0.1, 0.15) is 16.7 Å². The van der Waals surface area contributed by atoms with E-state index in [0.717, 1.165) is 34.4 Å². The Bertz CT molecular complexity index is 1530. The number of fused-ring (bicyclic) bond motifs is 1. The predicted molar refractivity (Wildman–Crippen MR) is 150 cm³/mol. The molecule has 0 fully saturated rings. The summed E-state index contributed by atoms with van der Waals surface area (Å²) in [5, 5.41) is 11.8. The van der Waals surface area contributed by atoms with Gasteiger partial charge in [-0.2, -0.15) is 0 Å². The van der Waals surface area contributed by atoms with Crippen LogP contribution in [0.2, 0.25) is 0 Å². The number of aromatic hydroxyl groups is 1. The third kappa shape index (κ3) is 5.00. The molecule has 6 nitrogen and oxygen atoms in total. The summed E-state index contributed by atoms with van der Waals surface area (Å²) in [6.45, 7) is 0.782. The zero-order valence-corrected chi connectivity index (χ0v) is 21.1. The normalized spacial score (nSPS) is 11.5. The van der Waals surface area contributed by atoms with Crippen LogP contribution < -0.4 is 14.4 Å². The van der Waals surface area contributed by atoms with Crippen LogP contribution in [0.15, 0.2) is 102 Å². The molecule has 0 aliphatic heterocycles. The number of ether oxygens (including phenoxy) is 2. The first-order valence-electron chi connectivity index (χ1n) is 12.0. The number of aromatic amines is 1. The highest BCUT2D eigenvalue weighted by atomic mass is 16.5. The summed E-state index contributed by atoms with van der Waals surface area (Å²) >= 11 is 0. The molecule has 0 aliphatic rings. The molecular formula is C31H29N3O3. The fourth-order valence-corrected chi connectivity index (χ4v) is 4.46. The van der Waals surface area contributed by atoms with Gasteiger partial charge in [0, 0.05) is 36.3 Å². The van der Waals surface area contributed by atoms with Gasteiger partial charge in [0.1, 0.15) is 0 Å². The molecule has 0 unspecified atom stereocenters. The lowest BCUT2D eigenvalue weighted by Gasteiger charge is -2.19. The number of benzene rings is 4. The van der Waals surface area contributed by atoms with Crippen molar-refractivity contribution in [3.63, 3.8) is 0 Å². The van der Waals surface area contributed by atoms with E-state index in [4.69, 9.17) is 14.5 Å². The van der Waals surface area contributed by atoms with Crippen molar-refractivity contribution in [2.24, 2.45) is 4.99 Å². The Morgan fingerprint density at radius 3 is 2.11 bits per heavy atom. The Morgan fingerprint density at radius 1 is 0.838 bits per heavy atom. The Morgan fingerprint density at radius 2 is 1.46 bits per heavy atom. The van der Waals surface area contributed by atoms with Crippen molar-refractivity contribution in [3.05, 3.63) is 114 Å². The van der Waals surface area contributed by atoms with Gasteiger partial charge in [0.25, 0.3) is 0 Å². The zero-order valence-electron chi connectivity index (χ0n) is 21.1. The molecule has 5 rings (SSSR count). The second-order valence-electron chi connectivity index (χ2n) is 8.79. The zero-order chi connectivity index (χ0) is 25.8. The van der Waals surface area contributed by atoms with Crippen molar-refractivity contribution in [1.29, 1.82) is 0 Å². The second-order valence-corrected chi connectivity index (χ2v) is 8.79. The number of nitrogens with one attached hydrogen (secondary N) is 1. The van der Waals surface area contributed by atoms with Crippen LogP contribution in [0.25, 0.3) is 10.9 Å². The topological polar surface area (TPSA) is 70.1 Å². The molecule has 37 heavy (non-hydrogen) atoms. The minimum absolute atomic E-state index is 0.0361. The molecule has 1 heterocycles. The van der Waals surface area contributed by atoms with Crippen molar-refractivity contribution in [3.8, 4) is 17.4 Å². The Hall–Kier alpha value is -4.71. The summed E-state index contributed by atoms with van der Waals surface area (Å²) in [7, 11) is 5.27. The van der Waals surface area contributed by atoms with Crippen molar-refractivity contribution in [1.82, 2.24) is 4.98 Å². The monoisotopic (exact) mass is 491 g/mol. The van der Waals surface area contributed by atoms with E-state index < -0.39 is 0 Å². The van der Waals surface area contributed by atoms with E-state index in [1.54, 1.807) is 14.2 Å². The number of hydrogen-bond donors (Lipinski definition) is 2. The minimum atomic E-state index is 0.0361. The summed E-state index contributed by atoms with van der Waals surface area (Å²) in [5.74, 6) is 1.20. The summed E-state index contributed by atoms with van der Waals surface area (Å²) in [5.41, 5.74) is 6.02. The van der Waals surface area contributed by atoms with Gasteiger partial charge in [0.2, 0.25) is 0 Å². The van der Waals surface area contributed by atoms with Gasteiger partial charge in [-0.25, -0.2) is 4.99 Å². The lowest BCUT2D eigenvalue weighted by atomic mass is 10.0. The highest BCUT2D eigenvalue weighted by Gasteiger charge is 2.21. The van der Waals surface area contributed by atoms with E-state index in [0.29, 0.717) is 22.8 Å². The number of aliphatic imine (C=N–C) groups is 1. The van der Waals surface area contributed by atoms with Crippen molar-refractivity contribution in [2.75, 3.05) is 26.2 Å². The van der Waals surface area contributed by atoms with E-state index in [-0.39, 0.29) is 5.88 Å². The first-order valence-corrected chi connectivity index (χ1v) is 12.0. The molecule has 1 aromatic heterocycles. The molecule has 0 bridgehead atoms. The molecule has 0 amide bonds. The lowest BCUT2D eigenvalue weighted by Crippen LogP contribution is -2.15. The van der Waals surface area contributed by atoms with Crippen LogP contribution in [0, 0.1) is 0 Å².